The highest BCUT2D eigenvalue weighted by Gasteiger charge is 2.16. The lowest BCUT2D eigenvalue weighted by molar-refractivity contribution is 0.862. The molecule has 0 N–H and O–H groups in total. The zero-order valence-corrected chi connectivity index (χ0v) is 11.9. The second-order valence-electron chi connectivity index (χ2n) is 4.80. The first-order chi connectivity index (χ1) is 9.20. The maximum absolute atomic E-state index is 9.23. The average molecular weight is 269 g/mol. The Labute approximate surface area is 117 Å². The minimum atomic E-state index is 0.517. The van der Waals surface area contributed by atoms with Crippen LogP contribution in [0.25, 0.3) is 11.3 Å². The highest BCUT2D eigenvalue weighted by Crippen LogP contribution is 2.34. The average Bonchev–Trinajstić information content (AvgIpc) is 2.74. The van der Waals surface area contributed by atoms with Crippen molar-refractivity contribution in [1.29, 1.82) is 5.26 Å². The molecule has 0 unspecified atom stereocenters. The fraction of sp³-hybridized carbons (Fsp3) is 0.333. The third-order valence-electron chi connectivity index (χ3n) is 3.61. The fourth-order valence-corrected chi connectivity index (χ4v) is 3.55. The van der Waals surface area contributed by atoms with Crippen molar-refractivity contribution in [1.82, 2.24) is 9.55 Å². The number of benzene rings is 1. The topological polar surface area (TPSA) is 41.6 Å². The molecule has 19 heavy (non-hydrogen) atoms. The Morgan fingerprint density at radius 2 is 2.26 bits per heavy atom. The van der Waals surface area contributed by atoms with Crippen LogP contribution in [0.5, 0.6) is 0 Å². The molecule has 1 aliphatic rings. The van der Waals surface area contributed by atoms with Crippen LogP contribution in [0, 0.1) is 18.3 Å². The molecular formula is C15H15N3S. The van der Waals surface area contributed by atoms with E-state index in [9.17, 15) is 5.26 Å². The second kappa shape index (κ2) is 4.75. The van der Waals surface area contributed by atoms with Crippen molar-refractivity contribution in [3.63, 3.8) is 0 Å². The Morgan fingerprint density at radius 1 is 1.42 bits per heavy atom. The predicted octanol–water partition coefficient (Wildman–Crippen LogP) is 3.31. The summed E-state index contributed by atoms with van der Waals surface area (Å²) in [5.74, 6) is 2.08. The lowest BCUT2D eigenvalue weighted by Gasteiger charge is -2.16. The third-order valence-corrected chi connectivity index (χ3v) is 4.81. The number of rotatable bonds is 1. The molecule has 1 aliphatic heterocycles. The number of aryl methyl sites for hydroxylation is 2. The molecule has 2 heterocycles. The van der Waals surface area contributed by atoms with E-state index < -0.39 is 0 Å². The number of hydrogen-bond donors (Lipinski definition) is 0. The van der Waals surface area contributed by atoms with E-state index in [0.29, 0.717) is 5.69 Å². The van der Waals surface area contributed by atoms with Crippen molar-refractivity contribution in [2.75, 3.05) is 5.75 Å². The molecule has 0 saturated heterocycles. The van der Waals surface area contributed by atoms with Crippen molar-refractivity contribution >= 4 is 11.8 Å². The Hall–Kier alpha value is -1.73. The summed E-state index contributed by atoms with van der Waals surface area (Å²) in [7, 11) is 1.96. The van der Waals surface area contributed by atoms with Crippen LogP contribution in [0.3, 0.4) is 0 Å². The van der Waals surface area contributed by atoms with Gasteiger partial charge in [-0.3, -0.25) is 0 Å². The maximum Gasteiger partial charge on any atom is 0.166 e. The van der Waals surface area contributed by atoms with Gasteiger partial charge in [0.05, 0.1) is 5.69 Å². The van der Waals surface area contributed by atoms with Crippen LogP contribution < -0.4 is 0 Å². The van der Waals surface area contributed by atoms with Crippen molar-refractivity contribution in [2.45, 2.75) is 24.7 Å². The minimum absolute atomic E-state index is 0.517. The van der Waals surface area contributed by atoms with Gasteiger partial charge in [-0.05, 0) is 43.2 Å². The fourth-order valence-electron chi connectivity index (χ4n) is 2.53. The maximum atomic E-state index is 9.23. The summed E-state index contributed by atoms with van der Waals surface area (Å²) in [6.45, 7) is 1.93. The second-order valence-corrected chi connectivity index (χ2v) is 5.94. The van der Waals surface area contributed by atoms with E-state index in [1.807, 2.05) is 30.3 Å². The summed E-state index contributed by atoms with van der Waals surface area (Å²) in [6.07, 6.45) is 2.37. The van der Waals surface area contributed by atoms with Crippen molar-refractivity contribution in [3.8, 4) is 17.3 Å². The number of hydrogen-bond acceptors (Lipinski definition) is 3. The molecule has 96 valence electrons. The van der Waals surface area contributed by atoms with Crippen LogP contribution in [0.1, 0.15) is 23.5 Å². The van der Waals surface area contributed by atoms with E-state index in [2.05, 4.69) is 29.3 Å². The number of thioether (sulfide) groups is 1. The Morgan fingerprint density at radius 3 is 3.05 bits per heavy atom. The van der Waals surface area contributed by atoms with Crippen LogP contribution in [-0.2, 0) is 13.5 Å². The molecule has 0 radical (unpaired) electrons. The Balaban J connectivity index is 2.15. The molecule has 1 aromatic carbocycles. The SMILES string of the molecule is Cc1nc(C#N)c(-c2ccc3c(c2)CCCS3)n1C. The molecule has 0 amide bonds. The van der Waals surface area contributed by atoms with E-state index in [4.69, 9.17) is 0 Å². The summed E-state index contributed by atoms with van der Waals surface area (Å²) in [5, 5.41) is 9.23. The number of nitriles is 1. The van der Waals surface area contributed by atoms with Gasteiger partial charge in [-0.25, -0.2) is 4.98 Å². The number of imidazole rings is 1. The van der Waals surface area contributed by atoms with Gasteiger partial charge in [0.1, 0.15) is 11.9 Å². The first-order valence-electron chi connectivity index (χ1n) is 6.40. The van der Waals surface area contributed by atoms with Crippen molar-refractivity contribution in [3.05, 3.63) is 35.3 Å². The zero-order valence-electron chi connectivity index (χ0n) is 11.1. The van der Waals surface area contributed by atoms with Crippen LogP contribution in [-0.4, -0.2) is 15.3 Å². The molecule has 0 fully saturated rings. The summed E-state index contributed by atoms with van der Waals surface area (Å²) in [6, 6.07) is 8.70. The van der Waals surface area contributed by atoms with Gasteiger partial charge >= 0.3 is 0 Å². The summed E-state index contributed by atoms with van der Waals surface area (Å²) >= 11 is 1.92. The van der Waals surface area contributed by atoms with Gasteiger partial charge in [0.25, 0.3) is 0 Å². The van der Waals surface area contributed by atoms with Crippen LogP contribution in [0.4, 0.5) is 0 Å². The molecule has 0 aliphatic carbocycles. The number of aromatic nitrogens is 2. The lowest BCUT2D eigenvalue weighted by Crippen LogP contribution is -2.00. The van der Waals surface area contributed by atoms with E-state index in [1.54, 1.807) is 0 Å². The van der Waals surface area contributed by atoms with Gasteiger partial charge in [0, 0.05) is 17.5 Å². The van der Waals surface area contributed by atoms with Gasteiger partial charge < -0.3 is 4.57 Å². The Kier molecular flexibility index (Phi) is 3.08. The van der Waals surface area contributed by atoms with Gasteiger partial charge in [0.15, 0.2) is 5.69 Å². The summed E-state index contributed by atoms with van der Waals surface area (Å²) < 4.78 is 2.00. The smallest absolute Gasteiger partial charge is 0.166 e. The molecule has 0 saturated carbocycles. The summed E-state index contributed by atoms with van der Waals surface area (Å²) in [4.78, 5) is 5.70. The zero-order chi connectivity index (χ0) is 13.4. The van der Waals surface area contributed by atoms with Gasteiger partial charge in [-0.15, -0.1) is 11.8 Å². The van der Waals surface area contributed by atoms with Crippen LogP contribution in [0.2, 0.25) is 0 Å². The predicted molar refractivity (Wildman–Crippen MR) is 77.1 cm³/mol. The Bertz CT molecular complexity index is 679. The first-order valence-corrected chi connectivity index (χ1v) is 7.39. The molecule has 0 atom stereocenters. The monoisotopic (exact) mass is 269 g/mol. The van der Waals surface area contributed by atoms with Crippen molar-refractivity contribution in [2.24, 2.45) is 7.05 Å². The normalized spacial score (nSPS) is 13.9. The molecule has 4 heteroatoms. The molecule has 2 aromatic rings. The largest absolute Gasteiger partial charge is 0.330 e. The number of nitrogens with zero attached hydrogens (tertiary/aromatic N) is 3. The lowest BCUT2D eigenvalue weighted by atomic mass is 10.0. The standard InChI is InChI=1S/C15H15N3S/c1-10-17-13(9-16)15(18(10)2)12-5-6-14-11(8-12)4-3-7-19-14/h5-6,8H,3-4,7H2,1-2H3. The van der Waals surface area contributed by atoms with Crippen molar-refractivity contribution < 1.29 is 0 Å². The van der Waals surface area contributed by atoms with Gasteiger partial charge in [0.2, 0.25) is 0 Å². The third kappa shape index (κ3) is 2.04. The first kappa shape index (κ1) is 12.3. The highest BCUT2D eigenvalue weighted by atomic mass is 32.2. The van der Waals surface area contributed by atoms with E-state index in [1.165, 1.54) is 22.6 Å². The minimum Gasteiger partial charge on any atom is -0.330 e. The number of fused-ring (bicyclic) bond motifs is 1. The molecule has 0 bridgehead atoms. The van der Waals surface area contributed by atoms with Crippen LogP contribution in [0.15, 0.2) is 23.1 Å². The van der Waals surface area contributed by atoms with Gasteiger partial charge in [-0.1, -0.05) is 6.07 Å². The van der Waals surface area contributed by atoms with E-state index >= 15 is 0 Å². The highest BCUT2D eigenvalue weighted by molar-refractivity contribution is 7.99. The van der Waals surface area contributed by atoms with Crippen LogP contribution >= 0.6 is 11.8 Å². The van der Waals surface area contributed by atoms with Gasteiger partial charge in [-0.2, -0.15) is 5.26 Å². The molecule has 3 nitrogen and oxygen atoms in total. The molecule has 0 spiro atoms. The quantitative estimate of drug-likeness (QED) is 0.797. The summed E-state index contributed by atoms with van der Waals surface area (Å²) in [5.41, 5.74) is 3.94. The molecular weight excluding hydrogens is 254 g/mol. The van der Waals surface area contributed by atoms with E-state index in [-0.39, 0.29) is 0 Å². The van der Waals surface area contributed by atoms with E-state index in [0.717, 1.165) is 23.5 Å². The molecule has 1 aromatic heterocycles. The molecule has 3 rings (SSSR count).